The van der Waals surface area contributed by atoms with Crippen molar-refractivity contribution in [3.05, 3.63) is 59.4 Å². The number of carbonyl (C=O) groups excluding carboxylic acids is 2. The number of rotatable bonds is 7. The Kier molecular flexibility index (Phi) is 7.48. The number of nitrogens with one attached hydrogen (secondary N) is 2. The van der Waals surface area contributed by atoms with Gasteiger partial charge in [0.1, 0.15) is 5.60 Å². The van der Waals surface area contributed by atoms with E-state index in [0.29, 0.717) is 41.9 Å². The van der Waals surface area contributed by atoms with Gasteiger partial charge in [0.05, 0.1) is 16.9 Å². The van der Waals surface area contributed by atoms with Crippen LogP contribution in [0.5, 0.6) is 0 Å². The minimum Gasteiger partial charge on any atom is -0.381 e. The highest BCUT2D eigenvalue weighted by molar-refractivity contribution is 6.31. The van der Waals surface area contributed by atoms with Crippen molar-refractivity contribution in [2.75, 3.05) is 23.7 Å². The Bertz CT molecular complexity index is 1010. The standard InChI is InChI=1S/C23H28ClN5O3/c1-4-20(30)27-18-10-6-5-8-15(18)12-19-17(24)13-25-22(28-19)26-16-9-7-11-29(14-16)21(31)23(2,3)32/h4-6,8,10,13,16,32H,1,7,9,11-12,14H2,2-3H3,(H,27,30)(H,25,26,28)/t16-/m0/s1. The van der Waals surface area contributed by atoms with Crippen LogP contribution in [0.4, 0.5) is 11.6 Å². The second-order valence-corrected chi connectivity index (χ2v) is 8.72. The van der Waals surface area contributed by atoms with E-state index in [0.717, 1.165) is 18.4 Å². The molecule has 3 rings (SSSR count). The maximum absolute atomic E-state index is 12.4. The number of anilines is 2. The largest absolute Gasteiger partial charge is 0.381 e. The number of benzene rings is 1. The molecule has 1 aromatic carbocycles. The first-order valence-electron chi connectivity index (χ1n) is 10.5. The van der Waals surface area contributed by atoms with Crippen LogP contribution in [0.15, 0.2) is 43.1 Å². The molecule has 1 fully saturated rings. The fraction of sp³-hybridized carbons (Fsp3) is 0.391. The average molecular weight is 458 g/mol. The molecule has 0 spiro atoms. The highest BCUT2D eigenvalue weighted by Gasteiger charge is 2.32. The van der Waals surface area contributed by atoms with Crippen molar-refractivity contribution >= 4 is 35.1 Å². The van der Waals surface area contributed by atoms with Gasteiger partial charge in [-0.2, -0.15) is 0 Å². The van der Waals surface area contributed by atoms with E-state index < -0.39 is 5.60 Å². The Morgan fingerprint density at radius 1 is 1.38 bits per heavy atom. The Morgan fingerprint density at radius 2 is 2.12 bits per heavy atom. The molecule has 0 radical (unpaired) electrons. The lowest BCUT2D eigenvalue weighted by atomic mass is 10.0. The summed E-state index contributed by atoms with van der Waals surface area (Å²) < 4.78 is 0. The Balaban J connectivity index is 1.74. The van der Waals surface area contributed by atoms with E-state index in [1.165, 1.54) is 19.9 Å². The SMILES string of the molecule is C=CC(=O)Nc1ccccc1Cc1nc(N[C@H]2CCCN(C(=O)C(C)(C)O)C2)ncc1Cl. The summed E-state index contributed by atoms with van der Waals surface area (Å²) >= 11 is 6.35. The molecule has 0 unspecified atom stereocenters. The summed E-state index contributed by atoms with van der Waals surface area (Å²) in [6.07, 6.45) is 4.83. The maximum Gasteiger partial charge on any atom is 0.254 e. The van der Waals surface area contributed by atoms with Gasteiger partial charge in [0.2, 0.25) is 11.9 Å². The van der Waals surface area contributed by atoms with Gasteiger partial charge in [-0.3, -0.25) is 9.59 Å². The predicted octanol–water partition coefficient (Wildman–Crippen LogP) is 3.02. The molecule has 2 amide bonds. The first-order valence-corrected chi connectivity index (χ1v) is 10.9. The minimum atomic E-state index is -1.40. The van der Waals surface area contributed by atoms with Gasteiger partial charge >= 0.3 is 0 Å². The van der Waals surface area contributed by atoms with E-state index in [2.05, 4.69) is 27.2 Å². The van der Waals surface area contributed by atoms with Gasteiger partial charge in [0.25, 0.3) is 5.91 Å². The lowest BCUT2D eigenvalue weighted by molar-refractivity contribution is -0.148. The second-order valence-electron chi connectivity index (χ2n) is 8.31. The van der Waals surface area contributed by atoms with Crippen LogP contribution in [0.1, 0.15) is 37.9 Å². The van der Waals surface area contributed by atoms with Gasteiger partial charge < -0.3 is 20.6 Å². The normalized spacial score (nSPS) is 16.4. The second kappa shape index (κ2) is 10.1. The zero-order valence-corrected chi connectivity index (χ0v) is 19.0. The molecule has 8 nitrogen and oxygen atoms in total. The molecule has 1 atom stereocenters. The fourth-order valence-corrected chi connectivity index (χ4v) is 3.76. The summed E-state index contributed by atoms with van der Waals surface area (Å²) in [7, 11) is 0. The van der Waals surface area contributed by atoms with Crippen LogP contribution in [0.2, 0.25) is 5.02 Å². The zero-order chi connectivity index (χ0) is 23.3. The number of amides is 2. The molecule has 0 aliphatic carbocycles. The van der Waals surface area contributed by atoms with Crippen molar-refractivity contribution in [1.82, 2.24) is 14.9 Å². The number of para-hydroxylation sites is 1. The molecule has 0 saturated carbocycles. The molecule has 170 valence electrons. The summed E-state index contributed by atoms with van der Waals surface area (Å²) in [6.45, 7) is 7.54. The van der Waals surface area contributed by atoms with Gasteiger partial charge in [0.15, 0.2) is 0 Å². The molecule has 1 saturated heterocycles. The smallest absolute Gasteiger partial charge is 0.254 e. The third-order valence-electron chi connectivity index (χ3n) is 5.20. The van der Waals surface area contributed by atoms with Crippen LogP contribution in [0, 0.1) is 0 Å². The van der Waals surface area contributed by atoms with Crippen LogP contribution >= 0.6 is 11.6 Å². The number of carbonyl (C=O) groups is 2. The molecule has 2 heterocycles. The van der Waals surface area contributed by atoms with Crippen LogP contribution in [-0.4, -0.2) is 56.5 Å². The highest BCUT2D eigenvalue weighted by Crippen LogP contribution is 2.24. The average Bonchev–Trinajstić information content (AvgIpc) is 2.76. The molecule has 3 N–H and O–H groups in total. The Morgan fingerprint density at radius 3 is 2.84 bits per heavy atom. The lowest BCUT2D eigenvalue weighted by Gasteiger charge is -2.36. The first-order chi connectivity index (χ1) is 15.2. The number of likely N-dealkylation sites (tertiary alicyclic amines) is 1. The Labute approximate surface area is 192 Å². The van der Waals surface area contributed by atoms with E-state index in [1.807, 2.05) is 18.2 Å². The van der Waals surface area contributed by atoms with Crippen molar-refractivity contribution in [2.45, 2.75) is 44.8 Å². The number of aliphatic hydroxyl groups is 1. The van der Waals surface area contributed by atoms with Crippen LogP contribution in [-0.2, 0) is 16.0 Å². The molecule has 2 aromatic rings. The number of piperidine rings is 1. The quantitative estimate of drug-likeness (QED) is 0.551. The summed E-state index contributed by atoms with van der Waals surface area (Å²) in [5.41, 5.74) is 0.730. The monoisotopic (exact) mass is 457 g/mol. The van der Waals surface area contributed by atoms with Gasteiger partial charge in [0, 0.05) is 31.2 Å². The number of halogens is 1. The molecule has 0 bridgehead atoms. The summed E-state index contributed by atoms with van der Waals surface area (Å²) in [5, 5.41) is 16.5. The van der Waals surface area contributed by atoms with Gasteiger partial charge in [-0.15, -0.1) is 0 Å². The van der Waals surface area contributed by atoms with Crippen molar-refractivity contribution < 1.29 is 14.7 Å². The van der Waals surface area contributed by atoms with Crippen LogP contribution in [0.25, 0.3) is 0 Å². The van der Waals surface area contributed by atoms with Crippen molar-refractivity contribution in [3.8, 4) is 0 Å². The molecular formula is C23H28ClN5O3. The summed E-state index contributed by atoms with van der Waals surface area (Å²) in [5.74, 6) is -0.171. The third-order valence-corrected chi connectivity index (χ3v) is 5.52. The fourth-order valence-electron chi connectivity index (χ4n) is 3.61. The molecular weight excluding hydrogens is 430 g/mol. The van der Waals surface area contributed by atoms with E-state index in [9.17, 15) is 14.7 Å². The lowest BCUT2D eigenvalue weighted by Crippen LogP contribution is -2.52. The predicted molar refractivity (Wildman–Crippen MR) is 125 cm³/mol. The minimum absolute atomic E-state index is 0.0387. The first kappa shape index (κ1) is 23.7. The molecule has 9 heteroatoms. The van der Waals surface area contributed by atoms with E-state index in [4.69, 9.17) is 11.6 Å². The summed E-state index contributed by atoms with van der Waals surface area (Å²) in [6, 6.07) is 7.37. The molecule has 1 aliphatic rings. The number of nitrogens with zero attached hydrogens (tertiary/aromatic N) is 3. The van der Waals surface area contributed by atoms with Crippen LogP contribution in [0.3, 0.4) is 0 Å². The number of hydrogen-bond donors (Lipinski definition) is 3. The van der Waals surface area contributed by atoms with Crippen LogP contribution < -0.4 is 10.6 Å². The van der Waals surface area contributed by atoms with E-state index in [1.54, 1.807) is 17.2 Å². The maximum atomic E-state index is 12.4. The summed E-state index contributed by atoms with van der Waals surface area (Å²) in [4.78, 5) is 34.7. The van der Waals surface area contributed by atoms with E-state index in [-0.39, 0.29) is 17.9 Å². The third kappa shape index (κ3) is 6.05. The molecule has 1 aliphatic heterocycles. The highest BCUT2D eigenvalue weighted by atomic mass is 35.5. The van der Waals surface area contributed by atoms with E-state index >= 15 is 0 Å². The number of aromatic nitrogens is 2. The van der Waals surface area contributed by atoms with Crippen molar-refractivity contribution in [3.63, 3.8) is 0 Å². The van der Waals surface area contributed by atoms with Crippen molar-refractivity contribution in [2.24, 2.45) is 0 Å². The van der Waals surface area contributed by atoms with Crippen molar-refractivity contribution in [1.29, 1.82) is 0 Å². The van der Waals surface area contributed by atoms with Gasteiger partial charge in [-0.25, -0.2) is 9.97 Å². The Hall–Kier alpha value is -2.97. The number of hydrogen-bond acceptors (Lipinski definition) is 6. The zero-order valence-electron chi connectivity index (χ0n) is 18.3. The topological polar surface area (TPSA) is 107 Å². The molecule has 32 heavy (non-hydrogen) atoms. The van der Waals surface area contributed by atoms with Gasteiger partial charge in [-0.1, -0.05) is 36.4 Å². The van der Waals surface area contributed by atoms with Gasteiger partial charge in [-0.05, 0) is 44.4 Å². The molecule has 1 aromatic heterocycles.